The normalized spacial score (nSPS) is 10.9. The number of amides is 1. The summed E-state index contributed by atoms with van der Waals surface area (Å²) >= 11 is 0. The number of benzene rings is 1. The van der Waals surface area contributed by atoms with E-state index in [9.17, 15) is 18.0 Å². The minimum Gasteiger partial charge on any atom is -0.299 e. The summed E-state index contributed by atoms with van der Waals surface area (Å²) in [5.41, 5.74) is 1.71. The Hall–Kier alpha value is -1.73. The van der Waals surface area contributed by atoms with Gasteiger partial charge in [0.2, 0.25) is 0 Å². The average molecular weight is 257 g/mol. The van der Waals surface area contributed by atoms with Crippen molar-refractivity contribution in [3.8, 4) is 0 Å². The van der Waals surface area contributed by atoms with E-state index in [1.54, 1.807) is 11.5 Å². The van der Waals surface area contributed by atoms with Crippen molar-refractivity contribution >= 4 is 21.8 Å². The molecule has 0 atom stereocenters. The Kier molecular flexibility index (Phi) is 4.36. The third kappa shape index (κ3) is 4.33. The minimum atomic E-state index is -4.03. The first kappa shape index (κ1) is 13.3. The van der Waals surface area contributed by atoms with Gasteiger partial charge in [-0.15, -0.1) is 4.28 Å². The van der Waals surface area contributed by atoms with Crippen molar-refractivity contribution in [2.75, 3.05) is 0 Å². The molecule has 1 aromatic rings. The highest BCUT2D eigenvalue weighted by Crippen LogP contribution is 2.09. The smallest absolute Gasteiger partial charge is 0.299 e. The van der Waals surface area contributed by atoms with E-state index in [1.807, 2.05) is 0 Å². The van der Waals surface area contributed by atoms with Crippen LogP contribution < -0.4 is 5.48 Å². The van der Waals surface area contributed by atoms with Crippen molar-refractivity contribution in [1.29, 1.82) is 0 Å². The van der Waals surface area contributed by atoms with Crippen LogP contribution in [0.5, 0.6) is 0 Å². The lowest BCUT2D eigenvalue weighted by Crippen LogP contribution is -2.28. The molecule has 1 rings (SSSR count). The van der Waals surface area contributed by atoms with Gasteiger partial charge in [-0.25, -0.2) is 5.48 Å². The molecule has 0 fully saturated rings. The zero-order valence-electron chi connectivity index (χ0n) is 9.04. The molecule has 0 aliphatic rings. The van der Waals surface area contributed by atoms with Gasteiger partial charge in [-0.2, -0.15) is 8.42 Å². The third-order valence-corrected chi connectivity index (χ3v) is 2.86. The van der Waals surface area contributed by atoms with E-state index in [1.165, 1.54) is 31.2 Å². The fraction of sp³-hybridized carbons (Fsp3) is 0.200. The predicted molar refractivity (Wildman–Crippen MR) is 58.2 cm³/mol. The summed E-state index contributed by atoms with van der Waals surface area (Å²) in [7, 11) is -4.03. The fourth-order valence-corrected chi connectivity index (χ4v) is 1.79. The van der Waals surface area contributed by atoms with Crippen LogP contribution >= 0.6 is 0 Å². The molecule has 6 nitrogen and oxygen atoms in total. The number of nitrogens with one attached hydrogen (secondary N) is 1. The van der Waals surface area contributed by atoms with E-state index in [-0.39, 0.29) is 10.7 Å². The zero-order valence-corrected chi connectivity index (χ0v) is 9.86. The van der Waals surface area contributed by atoms with Gasteiger partial charge in [0.05, 0.1) is 11.3 Å². The molecule has 0 aromatic heterocycles. The molecule has 0 aliphatic carbocycles. The maximum atomic E-state index is 11.5. The van der Waals surface area contributed by atoms with Crippen molar-refractivity contribution in [3.63, 3.8) is 0 Å². The van der Waals surface area contributed by atoms with Crippen LogP contribution in [-0.2, 0) is 24.0 Å². The Morgan fingerprint density at radius 3 is 2.35 bits per heavy atom. The Labute approximate surface area is 98.7 Å². The van der Waals surface area contributed by atoms with E-state index in [0.717, 1.165) is 0 Å². The molecule has 0 heterocycles. The van der Waals surface area contributed by atoms with Crippen LogP contribution in [0.4, 0.5) is 0 Å². The number of hydroxylamine groups is 1. The molecular weight excluding hydrogens is 246 g/mol. The largest absolute Gasteiger partial charge is 0.317 e. The lowest BCUT2D eigenvalue weighted by atomic mass is 10.3. The van der Waals surface area contributed by atoms with Crippen molar-refractivity contribution in [3.05, 3.63) is 30.3 Å². The van der Waals surface area contributed by atoms with E-state index in [4.69, 9.17) is 0 Å². The Morgan fingerprint density at radius 1 is 1.24 bits per heavy atom. The van der Waals surface area contributed by atoms with Gasteiger partial charge in [0.1, 0.15) is 5.78 Å². The molecule has 1 N–H and O–H groups in total. The van der Waals surface area contributed by atoms with E-state index in [2.05, 4.69) is 4.28 Å². The summed E-state index contributed by atoms with van der Waals surface area (Å²) in [4.78, 5) is 21.5. The molecule has 1 amide bonds. The van der Waals surface area contributed by atoms with Crippen LogP contribution in [0.3, 0.4) is 0 Å². The second kappa shape index (κ2) is 5.55. The first-order valence-electron chi connectivity index (χ1n) is 4.68. The van der Waals surface area contributed by atoms with E-state index < -0.39 is 22.4 Å². The Bertz CT molecular complexity index is 509. The molecule has 17 heavy (non-hydrogen) atoms. The van der Waals surface area contributed by atoms with Gasteiger partial charge in [0, 0.05) is 0 Å². The summed E-state index contributed by atoms with van der Waals surface area (Å²) in [6.45, 7) is 1.21. The second-order valence-electron chi connectivity index (χ2n) is 3.25. The molecule has 0 radical (unpaired) electrons. The predicted octanol–water partition coefficient (Wildman–Crippen LogP) is 0.402. The highest BCUT2D eigenvalue weighted by molar-refractivity contribution is 7.86. The van der Waals surface area contributed by atoms with Crippen molar-refractivity contribution < 1.29 is 22.3 Å². The molecule has 0 unspecified atom stereocenters. The molecule has 0 aliphatic heterocycles. The van der Waals surface area contributed by atoms with Crippen LogP contribution in [0.1, 0.15) is 13.3 Å². The first-order valence-corrected chi connectivity index (χ1v) is 6.09. The number of hydrogen-bond donors (Lipinski definition) is 1. The second-order valence-corrected chi connectivity index (χ2v) is 4.80. The molecule has 0 saturated carbocycles. The standard InChI is InChI=1S/C10H11NO5S/c1-8(12)7-10(13)11-16-17(14,15)9-5-3-2-4-6-9/h2-6H,7H2,1H3,(H,11,13). The van der Waals surface area contributed by atoms with Crippen LogP contribution in [0, 0.1) is 0 Å². The van der Waals surface area contributed by atoms with Crippen LogP contribution in [0.15, 0.2) is 35.2 Å². The fourth-order valence-electron chi connectivity index (χ4n) is 0.999. The number of Topliss-reactive ketones (excluding diaryl/α,β-unsaturated/α-hetero) is 1. The summed E-state index contributed by atoms with van der Waals surface area (Å²) in [6, 6.07) is 7.34. The number of ketones is 1. The number of hydrogen-bond acceptors (Lipinski definition) is 5. The van der Waals surface area contributed by atoms with Gasteiger partial charge in [0.15, 0.2) is 0 Å². The van der Waals surface area contributed by atoms with Crippen molar-refractivity contribution in [2.24, 2.45) is 0 Å². The highest BCUT2D eigenvalue weighted by Gasteiger charge is 2.16. The van der Waals surface area contributed by atoms with Crippen molar-refractivity contribution in [2.45, 2.75) is 18.2 Å². The van der Waals surface area contributed by atoms with Gasteiger partial charge in [-0.1, -0.05) is 18.2 Å². The number of rotatable bonds is 5. The summed E-state index contributed by atoms with van der Waals surface area (Å²) in [5.74, 6) is -1.19. The third-order valence-electron chi connectivity index (χ3n) is 1.71. The molecule has 0 saturated heterocycles. The van der Waals surface area contributed by atoms with Gasteiger partial charge in [0.25, 0.3) is 5.91 Å². The first-order chi connectivity index (χ1) is 7.92. The Morgan fingerprint density at radius 2 is 1.82 bits per heavy atom. The minimum absolute atomic E-state index is 0.0804. The van der Waals surface area contributed by atoms with Crippen molar-refractivity contribution in [1.82, 2.24) is 5.48 Å². The maximum Gasteiger partial charge on any atom is 0.317 e. The van der Waals surface area contributed by atoms with E-state index >= 15 is 0 Å². The summed E-state index contributed by atoms with van der Waals surface area (Å²) in [6.07, 6.45) is -0.426. The van der Waals surface area contributed by atoms with Gasteiger partial charge in [-0.3, -0.25) is 9.59 Å². The van der Waals surface area contributed by atoms with Crippen LogP contribution in [0.25, 0.3) is 0 Å². The van der Waals surface area contributed by atoms with Gasteiger partial charge >= 0.3 is 10.1 Å². The number of carbonyl (C=O) groups excluding carboxylic acids is 2. The maximum absolute atomic E-state index is 11.5. The lowest BCUT2D eigenvalue weighted by Gasteiger charge is -2.05. The molecule has 0 spiro atoms. The molecule has 1 aromatic carbocycles. The lowest BCUT2D eigenvalue weighted by molar-refractivity contribution is -0.131. The molecule has 0 bridgehead atoms. The zero-order chi connectivity index (χ0) is 12.9. The molecule has 92 valence electrons. The number of carbonyl (C=O) groups is 2. The average Bonchev–Trinajstić information content (AvgIpc) is 2.27. The molecule has 7 heteroatoms. The quantitative estimate of drug-likeness (QED) is 0.609. The Balaban J connectivity index is 2.63. The van der Waals surface area contributed by atoms with E-state index in [0.29, 0.717) is 0 Å². The monoisotopic (exact) mass is 257 g/mol. The topological polar surface area (TPSA) is 89.5 Å². The highest BCUT2D eigenvalue weighted by atomic mass is 32.2. The van der Waals surface area contributed by atoms with Crippen LogP contribution in [0.2, 0.25) is 0 Å². The summed E-state index contributed by atoms with van der Waals surface area (Å²) < 4.78 is 27.3. The molecular formula is C10H11NO5S. The summed E-state index contributed by atoms with van der Waals surface area (Å²) in [5, 5.41) is 0. The SMILES string of the molecule is CC(=O)CC(=O)NOS(=O)(=O)c1ccccc1. The van der Waals surface area contributed by atoms with Gasteiger partial charge < -0.3 is 0 Å². The van der Waals surface area contributed by atoms with Gasteiger partial charge in [-0.05, 0) is 19.1 Å². The van der Waals surface area contributed by atoms with Crippen LogP contribution in [-0.4, -0.2) is 20.1 Å².